The Morgan fingerprint density at radius 1 is 0.886 bits per heavy atom. The summed E-state index contributed by atoms with van der Waals surface area (Å²) in [5, 5.41) is 14.5. The van der Waals surface area contributed by atoms with Crippen molar-refractivity contribution in [3.8, 4) is 0 Å². The first-order valence-corrected chi connectivity index (χ1v) is 11.2. The molecule has 176 valence electrons. The molecule has 0 bridgehead atoms. The second-order valence-corrected chi connectivity index (χ2v) is 8.23. The number of nitro groups is 1. The van der Waals surface area contributed by atoms with Gasteiger partial charge in [0.25, 0.3) is 17.5 Å². The monoisotopic (exact) mass is 470 g/mol. The topological polar surface area (TPSA) is 109 Å². The van der Waals surface area contributed by atoms with Crippen LogP contribution in [0.4, 0.5) is 17.1 Å². The molecule has 4 aromatic rings. The third-order valence-corrected chi connectivity index (χ3v) is 6.03. The van der Waals surface area contributed by atoms with Gasteiger partial charge in [-0.2, -0.15) is 0 Å². The van der Waals surface area contributed by atoms with E-state index in [0.717, 1.165) is 11.1 Å². The average Bonchev–Trinajstić information content (AvgIpc) is 3.33. The van der Waals surface area contributed by atoms with Crippen molar-refractivity contribution in [2.75, 3.05) is 36.4 Å². The summed E-state index contributed by atoms with van der Waals surface area (Å²) in [7, 11) is 0. The molecule has 1 saturated heterocycles. The fraction of sp³-hybridized carbons (Fsp3) is 0.154. The zero-order valence-corrected chi connectivity index (χ0v) is 18.7. The lowest BCUT2D eigenvalue weighted by Crippen LogP contribution is -2.48. The SMILES string of the molecule is O=C(Nc1ccc(N2CCN(C(=O)c3cc4ccccc4o3)CC2)cc1)c1ccc([N+](=O)[O-])cc1. The first kappa shape index (κ1) is 22.1. The number of furan rings is 1. The molecule has 1 aliphatic heterocycles. The zero-order chi connectivity index (χ0) is 24.4. The molecule has 1 fully saturated rings. The van der Waals surface area contributed by atoms with Crippen molar-refractivity contribution in [1.82, 2.24) is 4.90 Å². The van der Waals surface area contributed by atoms with Gasteiger partial charge in [-0.3, -0.25) is 19.7 Å². The number of para-hydroxylation sites is 1. The number of nitrogens with one attached hydrogen (secondary N) is 1. The molecular formula is C26H22N4O5. The van der Waals surface area contributed by atoms with Crippen LogP contribution in [-0.4, -0.2) is 47.8 Å². The number of amides is 2. The number of hydrogen-bond acceptors (Lipinski definition) is 6. The van der Waals surface area contributed by atoms with E-state index in [9.17, 15) is 19.7 Å². The highest BCUT2D eigenvalue weighted by Crippen LogP contribution is 2.23. The van der Waals surface area contributed by atoms with Gasteiger partial charge in [0.1, 0.15) is 5.58 Å². The van der Waals surface area contributed by atoms with Crippen LogP contribution in [0.1, 0.15) is 20.9 Å². The van der Waals surface area contributed by atoms with Gasteiger partial charge >= 0.3 is 0 Å². The van der Waals surface area contributed by atoms with Crippen LogP contribution in [0.2, 0.25) is 0 Å². The minimum Gasteiger partial charge on any atom is -0.451 e. The number of carbonyl (C=O) groups excluding carboxylic acids is 2. The summed E-state index contributed by atoms with van der Waals surface area (Å²) in [6.45, 7) is 2.52. The zero-order valence-electron chi connectivity index (χ0n) is 18.7. The average molecular weight is 470 g/mol. The van der Waals surface area contributed by atoms with E-state index in [1.165, 1.54) is 24.3 Å². The van der Waals surface area contributed by atoms with Crippen LogP contribution in [0.25, 0.3) is 11.0 Å². The summed E-state index contributed by atoms with van der Waals surface area (Å²) < 4.78 is 5.72. The van der Waals surface area contributed by atoms with Crippen LogP contribution in [0.15, 0.2) is 83.3 Å². The Balaban J connectivity index is 1.17. The molecule has 0 unspecified atom stereocenters. The molecule has 0 atom stereocenters. The van der Waals surface area contributed by atoms with Gasteiger partial charge in [-0.25, -0.2) is 0 Å². The number of hydrogen-bond donors (Lipinski definition) is 1. The predicted octanol–water partition coefficient (Wildman–Crippen LogP) is 4.56. The van der Waals surface area contributed by atoms with Crippen LogP contribution in [0, 0.1) is 10.1 Å². The van der Waals surface area contributed by atoms with Crippen molar-refractivity contribution >= 4 is 39.8 Å². The molecule has 0 spiro atoms. The second kappa shape index (κ2) is 9.30. The van der Waals surface area contributed by atoms with Crippen molar-refractivity contribution in [3.05, 3.63) is 100 Å². The fourth-order valence-electron chi connectivity index (χ4n) is 4.10. The first-order chi connectivity index (χ1) is 17.0. The largest absolute Gasteiger partial charge is 0.451 e. The number of non-ortho nitro benzene ring substituents is 1. The van der Waals surface area contributed by atoms with E-state index in [0.29, 0.717) is 48.8 Å². The van der Waals surface area contributed by atoms with Crippen LogP contribution in [-0.2, 0) is 0 Å². The number of fused-ring (bicyclic) bond motifs is 1. The standard InChI is InChI=1S/C26H22N4O5/c31-25(18-5-9-22(10-6-18)30(33)34)27-20-7-11-21(12-8-20)28-13-15-29(16-14-28)26(32)24-17-19-3-1-2-4-23(19)35-24/h1-12,17H,13-16H2,(H,27,31). The van der Waals surface area contributed by atoms with E-state index in [-0.39, 0.29) is 17.5 Å². The maximum absolute atomic E-state index is 12.9. The highest BCUT2D eigenvalue weighted by Gasteiger charge is 2.24. The molecular weight excluding hydrogens is 448 g/mol. The number of anilines is 2. The molecule has 2 amide bonds. The molecule has 9 heteroatoms. The number of nitro benzene ring substituents is 1. The predicted molar refractivity (Wildman–Crippen MR) is 132 cm³/mol. The van der Waals surface area contributed by atoms with Gasteiger partial charge in [0.05, 0.1) is 4.92 Å². The number of piperazine rings is 1. The molecule has 0 saturated carbocycles. The molecule has 2 heterocycles. The van der Waals surface area contributed by atoms with Crippen molar-refractivity contribution in [2.24, 2.45) is 0 Å². The third kappa shape index (κ3) is 4.70. The molecule has 1 aliphatic rings. The van der Waals surface area contributed by atoms with E-state index in [1.807, 2.05) is 48.5 Å². The maximum Gasteiger partial charge on any atom is 0.289 e. The summed E-state index contributed by atoms with van der Waals surface area (Å²) in [5.41, 5.74) is 2.59. The normalized spacial score (nSPS) is 13.6. The Kier molecular flexibility index (Phi) is 5.88. The van der Waals surface area contributed by atoms with Gasteiger partial charge in [0.2, 0.25) is 0 Å². The quantitative estimate of drug-likeness (QED) is 0.338. The van der Waals surface area contributed by atoms with Gasteiger partial charge in [-0.05, 0) is 48.5 Å². The molecule has 35 heavy (non-hydrogen) atoms. The number of rotatable bonds is 5. The minimum absolute atomic E-state index is 0.0645. The Hall–Kier alpha value is -4.66. The van der Waals surface area contributed by atoms with E-state index in [2.05, 4.69) is 10.2 Å². The van der Waals surface area contributed by atoms with E-state index in [1.54, 1.807) is 11.0 Å². The smallest absolute Gasteiger partial charge is 0.289 e. The number of carbonyl (C=O) groups is 2. The van der Waals surface area contributed by atoms with E-state index < -0.39 is 4.92 Å². The molecule has 1 N–H and O–H groups in total. The second-order valence-electron chi connectivity index (χ2n) is 8.23. The van der Waals surface area contributed by atoms with Gasteiger partial charge < -0.3 is 19.5 Å². The summed E-state index contributed by atoms with van der Waals surface area (Å²) in [4.78, 5) is 39.5. The number of nitrogens with zero attached hydrogens (tertiary/aromatic N) is 3. The Labute approximate surface area is 200 Å². The van der Waals surface area contributed by atoms with Crippen LogP contribution in [0.5, 0.6) is 0 Å². The van der Waals surface area contributed by atoms with Crippen molar-refractivity contribution < 1.29 is 18.9 Å². The van der Waals surface area contributed by atoms with Gasteiger partial charge in [-0.15, -0.1) is 0 Å². The molecule has 9 nitrogen and oxygen atoms in total. The summed E-state index contributed by atoms with van der Waals surface area (Å²) in [6, 6.07) is 22.3. The molecule has 0 radical (unpaired) electrons. The number of benzene rings is 3. The maximum atomic E-state index is 12.9. The van der Waals surface area contributed by atoms with Crippen LogP contribution < -0.4 is 10.2 Å². The highest BCUT2D eigenvalue weighted by molar-refractivity contribution is 6.04. The van der Waals surface area contributed by atoms with Crippen molar-refractivity contribution in [2.45, 2.75) is 0 Å². The van der Waals surface area contributed by atoms with E-state index in [4.69, 9.17) is 4.42 Å². The highest BCUT2D eigenvalue weighted by atomic mass is 16.6. The van der Waals surface area contributed by atoms with Gasteiger partial charge in [0.15, 0.2) is 5.76 Å². The Bertz CT molecular complexity index is 1350. The molecule has 5 rings (SSSR count). The van der Waals surface area contributed by atoms with Crippen molar-refractivity contribution in [3.63, 3.8) is 0 Å². The Morgan fingerprint density at radius 2 is 1.57 bits per heavy atom. The summed E-state index contributed by atoms with van der Waals surface area (Å²) in [5.74, 6) is -0.0942. The minimum atomic E-state index is -0.505. The lowest BCUT2D eigenvalue weighted by molar-refractivity contribution is -0.384. The third-order valence-electron chi connectivity index (χ3n) is 6.03. The van der Waals surface area contributed by atoms with Gasteiger partial charge in [0, 0.05) is 60.6 Å². The first-order valence-electron chi connectivity index (χ1n) is 11.2. The lowest BCUT2D eigenvalue weighted by Gasteiger charge is -2.35. The van der Waals surface area contributed by atoms with Crippen LogP contribution >= 0.6 is 0 Å². The van der Waals surface area contributed by atoms with Crippen molar-refractivity contribution in [1.29, 1.82) is 0 Å². The van der Waals surface area contributed by atoms with Gasteiger partial charge in [-0.1, -0.05) is 18.2 Å². The van der Waals surface area contributed by atoms with E-state index >= 15 is 0 Å². The molecule has 3 aromatic carbocycles. The van der Waals surface area contributed by atoms with Crippen LogP contribution in [0.3, 0.4) is 0 Å². The molecule has 1 aromatic heterocycles. The lowest BCUT2D eigenvalue weighted by atomic mass is 10.2. The fourth-order valence-corrected chi connectivity index (χ4v) is 4.10. The summed E-state index contributed by atoms with van der Waals surface area (Å²) in [6.07, 6.45) is 0. The Morgan fingerprint density at radius 3 is 2.23 bits per heavy atom. The summed E-state index contributed by atoms with van der Waals surface area (Å²) >= 11 is 0. The molecule has 0 aliphatic carbocycles.